The van der Waals surface area contributed by atoms with E-state index in [0.717, 1.165) is 24.9 Å². The molecule has 0 aromatic heterocycles. The number of benzene rings is 5. The van der Waals surface area contributed by atoms with Crippen molar-refractivity contribution in [3.8, 4) is 0 Å². The van der Waals surface area contributed by atoms with E-state index in [1.54, 1.807) is 19.2 Å². The number of unbranched alkanes of at least 4 members (excludes halogenated alkanes) is 1. The minimum Gasteiger partial charge on any atom is -0.462 e. The molecule has 5 aromatic rings. The van der Waals surface area contributed by atoms with Crippen molar-refractivity contribution < 1.29 is 9.53 Å². The van der Waals surface area contributed by atoms with E-state index in [1.165, 1.54) is 37.9 Å². The zero-order chi connectivity index (χ0) is 23.5. The number of hydrogen-bond donors (Lipinski definition) is 2. The number of nitrogens with zero attached hydrogens (tertiary/aromatic N) is 1. The number of hydrogen-bond acceptors (Lipinski definition) is 5. The van der Waals surface area contributed by atoms with Crippen molar-refractivity contribution in [3.63, 3.8) is 0 Å². The van der Waals surface area contributed by atoms with Crippen LogP contribution in [-0.2, 0) is 11.2 Å². The molecule has 172 valence electrons. The van der Waals surface area contributed by atoms with Crippen LogP contribution in [0.5, 0.6) is 0 Å². The van der Waals surface area contributed by atoms with Crippen molar-refractivity contribution in [2.45, 2.75) is 19.3 Å². The van der Waals surface area contributed by atoms with Gasteiger partial charge in [0.1, 0.15) is 0 Å². The summed E-state index contributed by atoms with van der Waals surface area (Å²) in [6.07, 6.45) is 2.77. The predicted molar refractivity (Wildman–Crippen MR) is 140 cm³/mol. The summed E-state index contributed by atoms with van der Waals surface area (Å²) in [5, 5.41) is 9.74. The van der Waals surface area contributed by atoms with E-state index in [0.29, 0.717) is 12.2 Å². The van der Waals surface area contributed by atoms with Gasteiger partial charge >= 0.3 is 5.97 Å². The number of rotatable bonds is 9. The fourth-order valence-corrected chi connectivity index (χ4v) is 4.73. The zero-order valence-corrected chi connectivity index (χ0v) is 19.6. The number of anilines is 1. The van der Waals surface area contributed by atoms with Crippen molar-refractivity contribution in [3.05, 3.63) is 90.0 Å². The Morgan fingerprint density at radius 3 is 2.24 bits per heavy atom. The number of esters is 1. The molecular formula is C29H29N3O2. The van der Waals surface area contributed by atoms with Gasteiger partial charge in [0, 0.05) is 14.1 Å². The van der Waals surface area contributed by atoms with E-state index in [9.17, 15) is 4.79 Å². The molecule has 5 nitrogen and oxygen atoms in total. The second-order valence-corrected chi connectivity index (χ2v) is 8.64. The van der Waals surface area contributed by atoms with Gasteiger partial charge in [0.05, 0.1) is 17.9 Å². The lowest BCUT2D eigenvalue weighted by molar-refractivity contribution is 0.0498. The lowest BCUT2D eigenvalue weighted by atomic mass is 9.91. The number of carbonyl (C=O) groups excluding carboxylic acids is 1. The summed E-state index contributed by atoms with van der Waals surface area (Å²) in [4.78, 5) is 12.4. The van der Waals surface area contributed by atoms with Gasteiger partial charge in [-0.15, -0.1) is 0 Å². The van der Waals surface area contributed by atoms with Crippen LogP contribution in [0.25, 0.3) is 32.3 Å². The highest BCUT2D eigenvalue weighted by atomic mass is 16.5. The molecule has 2 N–H and O–H groups in total. The van der Waals surface area contributed by atoms with Crippen LogP contribution in [0.3, 0.4) is 0 Å². The standard InChI is InChI=1S/C29H29N3O2/c1-30-31-32(2)25-16-13-24(14-17-25)29(33)34-19-4-3-6-20-9-10-23-12-11-21-7-5-8-22-15-18-26(20)28(23)27(21)22/h5,7-18,30-31H,3-4,6,19H2,1-2H3. The summed E-state index contributed by atoms with van der Waals surface area (Å²) in [6, 6.07) is 27.2. The maximum Gasteiger partial charge on any atom is 0.338 e. The molecule has 5 aromatic carbocycles. The normalized spacial score (nSPS) is 11.5. The Morgan fingerprint density at radius 2 is 1.50 bits per heavy atom. The SMILES string of the molecule is CNNN(C)c1ccc(C(=O)OCCCCc2ccc3ccc4cccc5ccc2c3c45)cc1. The van der Waals surface area contributed by atoms with E-state index in [2.05, 4.69) is 65.6 Å². The smallest absolute Gasteiger partial charge is 0.338 e. The van der Waals surface area contributed by atoms with Gasteiger partial charge in [-0.25, -0.2) is 10.2 Å². The fraction of sp³-hybridized carbons (Fsp3) is 0.207. The van der Waals surface area contributed by atoms with Gasteiger partial charge < -0.3 is 4.74 Å². The van der Waals surface area contributed by atoms with Crippen LogP contribution in [0.2, 0.25) is 0 Å². The van der Waals surface area contributed by atoms with Gasteiger partial charge in [-0.1, -0.05) is 54.6 Å². The third kappa shape index (κ3) is 4.28. The quantitative estimate of drug-likeness (QED) is 0.128. The molecule has 0 spiro atoms. The molecule has 0 aliphatic carbocycles. The van der Waals surface area contributed by atoms with Crippen molar-refractivity contribution in [1.29, 1.82) is 0 Å². The Bertz CT molecular complexity index is 1410. The highest BCUT2D eigenvalue weighted by Gasteiger charge is 2.11. The molecule has 5 rings (SSSR count). The van der Waals surface area contributed by atoms with Crippen LogP contribution in [0, 0.1) is 0 Å². The second kappa shape index (κ2) is 9.67. The van der Waals surface area contributed by atoms with Crippen molar-refractivity contribution in [2.75, 3.05) is 25.7 Å². The molecule has 34 heavy (non-hydrogen) atoms. The minimum absolute atomic E-state index is 0.279. The first-order valence-corrected chi connectivity index (χ1v) is 11.7. The summed E-state index contributed by atoms with van der Waals surface area (Å²) in [6.45, 7) is 0.424. The minimum atomic E-state index is -0.279. The van der Waals surface area contributed by atoms with Gasteiger partial charge in [0.15, 0.2) is 0 Å². The topological polar surface area (TPSA) is 53.6 Å². The van der Waals surface area contributed by atoms with E-state index >= 15 is 0 Å². The van der Waals surface area contributed by atoms with Crippen LogP contribution >= 0.6 is 0 Å². The van der Waals surface area contributed by atoms with Crippen molar-refractivity contribution in [1.82, 2.24) is 11.0 Å². The van der Waals surface area contributed by atoms with Gasteiger partial charge in [0.2, 0.25) is 0 Å². The fourth-order valence-electron chi connectivity index (χ4n) is 4.73. The Balaban J connectivity index is 1.19. The van der Waals surface area contributed by atoms with Crippen molar-refractivity contribution in [2.24, 2.45) is 0 Å². The first kappa shape index (κ1) is 22.1. The van der Waals surface area contributed by atoms with Crippen LogP contribution in [0.1, 0.15) is 28.8 Å². The lowest BCUT2D eigenvalue weighted by Gasteiger charge is -2.19. The van der Waals surface area contributed by atoms with Gasteiger partial charge in [-0.3, -0.25) is 5.01 Å². The maximum absolute atomic E-state index is 12.4. The largest absolute Gasteiger partial charge is 0.462 e. The third-order valence-corrected chi connectivity index (χ3v) is 6.46. The van der Waals surface area contributed by atoms with Crippen LogP contribution in [0.4, 0.5) is 5.69 Å². The lowest BCUT2D eigenvalue weighted by Crippen LogP contribution is -2.42. The zero-order valence-electron chi connectivity index (χ0n) is 19.6. The predicted octanol–water partition coefficient (Wildman–Crippen LogP) is 5.84. The average molecular weight is 452 g/mol. The first-order valence-electron chi connectivity index (χ1n) is 11.7. The average Bonchev–Trinajstić information content (AvgIpc) is 2.87. The number of hydrazine groups is 2. The number of ether oxygens (including phenoxy) is 1. The Morgan fingerprint density at radius 1 is 0.824 bits per heavy atom. The molecular weight excluding hydrogens is 422 g/mol. The van der Waals surface area contributed by atoms with E-state index in [4.69, 9.17) is 4.74 Å². The number of carbonyl (C=O) groups is 1. The van der Waals surface area contributed by atoms with E-state index < -0.39 is 0 Å². The third-order valence-electron chi connectivity index (χ3n) is 6.46. The first-order chi connectivity index (χ1) is 16.7. The second-order valence-electron chi connectivity index (χ2n) is 8.64. The summed E-state index contributed by atoms with van der Waals surface area (Å²) in [5.74, 6) is -0.279. The summed E-state index contributed by atoms with van der Waals surface area (Å²) >= 11 is 0. The number of aryl methyl sites for hydroxylation is 1. The summed E-state index contributed by atoms with van der Waals surface area (Å²) in [5.41, 5.74) is 8.69. The van der Waals surface area contributed by atoms with Crippen LogP contribution in [0.15, 0.2) is 78.9 Å². The van der Waals surface area contributed by atoms with Gasteiger partial charge in [-0.05, 0) is 81.4 Å². The molecule has 0 aliphatic rings. The molecule has 0 saturated carbocycles. The van der Waals surface area contributed by atoms with E-state index in [1.807, 2.05) is 24.2 Å². The molecule has 0 amide bonds. The number of nitrogens with one attached hydrogen (secondary N) is 2. The molecule has 5 heteroatoms. The van der Waals surface area contributed by atoms with Gasteiger partial charge in [-0.2, -0.15) is 5.53 Å². The summed E-state index contributed by atoms with van der Waals surface area (Å²) in [7, 11) is 3.69. The monoisotopic (exact) mass is 451 g/mol. The Hall–Kier alpha value is -3.67. The summed E-state index contributed by atoms with van der Waals surface area (Å²) < 4.78 is 5.51. The molecule has 0 saturated heterocycles. The highest BCUT2D eigenvalue weighted by Crippen LogP contribution is 2.36. The molecule has 0 aliphatic heterocycles. The highest BCUT2D eigenvalue weighted by molar-refractivity contribution is 6.23. The Labute approximate surface area is 199 Å². The van der Waals surface area contributed by atoms with Crippen LogP contribution < -0.4 is 16.0 Å². The molecule has 0 atom stereocenters. The molecule has 0 radical (unpaired) electrons. The maximum atomic E-state index is 12.4. The molecule has 0 unspecified atom stereocenters. The molecule has 0 bridgehead atoms. The molecule has 0 fully saturated rings. The van der Waals surface area contributed by atoms with Crippen LogP contribution in [-0.4, -0.2) is 26.7 Å². The van der Waals surface area contributed by atoms with Gasteiger partial charge in [0.25, 0.3) is 0 Å². The van der Waals surface area contributed by atoms with Crippen molar-refractivity contribution >= 4 is 44.0 Å². The Kier molecular flexibility index (Phi) is 6.30. The van der Waals surface area contributed by atoms with E-state index in [-0.39, 0.29) is 5.97 Å². The molecule has 0 heterocycles.